The average molecular weight is 614 g/mol. The van der Waals surface area contributed by atoms with Gasteiger partial charge in [0.25, 0.3) is 5.91 Å². The number of fused-ring (bicyclic) bond motifs is 9. The Bertz CT molecular complexity index is 1760. The molecule has 0 radical (unpaired) electrons. The van der Waals surface area contributed by atoms with Crippen molar-refractivity contribution >= 4 is 24.8 Å². The van der Waals surface area contributed by atoms with E-state index in [-0.39, 0.29) is 30.1 Å². The van der Waals surface area contributed by atoms with Gasteiger partial charge in [-0.05, 0) is 57.5 Å². The van der Waals surface area contributed by atoms with Crippen LogP contribution in [0.25, 0.3) is 22.2 Å². The highest BCUT2D eigenvalue weighted by Gasteiger charge is 2.45. The zero-order chi connectivity index (χ0) is 30.7. The van der Waals surface area contributed by atoms with Crippen LogP contribution in [0.15, 0.2) is 48.8 Å². The molecule has 1 amide bonds. The summed E-state index contributed by atoms with van der Waals surface area (Å²) in [5, 5.41) is 0. The Kier molecular flexibility index (Phi) is 7.32. The van der Waals surface area contributed by atoms with Crippen molar-refractivity contribution in [2.45, 2.75) is 58.4 Å². The smallest absolute Gasteiger partial charge is 0.434 e. The minimum absolute atomic E-state index is 0.00492. The minimum Gasteiger partial charge on any atom is -0.434 e. The third kappa shape index (κ3) is 5.10. The molecule has 2 bridgehead atoms. The molecule has 2 aliphatic heterocycles. The van der Waals surface area contributed by atoms with Gasteiger partial charge in [-0.25, -0.2) is 19.5 Å². The maximum atomic E-state index is 13.6. The summed E-state index contributed by atoms with van der Waals surface area (Å²) in [5.74, 6) is 0.595. The number of hydrogen-bond donors (Lipinski definition) is 1. The van der Waals surface area contributed by atoms with Crippen molar-refractivity contribution in [2.24, 2.45) is 0 Å². The van der Waals surface area contributed by atoms with Crippen LogP contribution in [-0.2, 0) is 19.2 Å². The van der Waals surface area contributed by atoms with Gasteiger partial charge in [-0.15, -0.1) is 0 Å². The van der Waals surface area contributed by atoms with Crippen molar-refractivity contribution in [3.63, 3.8) is 0 Å². The van der Waals surface area contributed by atoms with Crippen LogP contribution in [0.1, 0.15) is 73.8 Å². The first-order chi connectivity index (χ1) is 20.4. The lowest BCUT2D eigenvalue weighted by molar-refractivity contribution is -0.0507. The third-order valence-electron chi connectivity index (χ3n) is 7.76. The van der Waals surface area contributed by atoms with Gasteiger partial charge in [-0.1, -0.05) is 12.1 Å². The molecule has 226 valence electrons. The molecule has 2 aromatic carbocycles. The summed E-state index contributed by atoms with van der Waals surface area (Å²) < 4.78 is 56.1. The van der Waals surface area contributed by atoms with Gasteiger partial charge in [0.15, 0.2) is 5.82 Å². The van der Waals surface area contributed by atoms with Crippen molar-refractivity contribution in [3.8, 4) is 16.9 Å². The number of carbonyl (C=O) groups is 1. The summed E-state index contributed by atoms with van der Waals surface area (Å²) in [6, 6.07) is 9.52. The second kappa shape index (κ2) is 10.7. The first-order valence-electron chi connectivity index (χ1n) is 13.9. The lowest BCUT2D eigenvalue weighted by Crippen LogP contribution is -2.34. The van der Waals surface area contributed by atoms with Crippen LogP contribution in [0.4, 0.5) is 8.78 Å². The number of phosphoric ester groups is 1. The fraction of sp³-hybridized carbons (Fsp3) is 0.379. The van der Waals surface area contributed by atoms with Crippen LogP contribution in [0.5, 0.6) is 5.75 Å². The number of aromatic nitrogens is 4. The Morgan fingerprint density at radius 1 is 1.12 bits per heavy atom. The number of rotatable bonds is 9. The maximum absolute atomic E-state index is 13.6. The molecule has 0 spiro atoms. The molecule has 2 aromatic heterocycles. The monoisotopic (exact) mass is 613 g/mol. The molecule has 4 heterocycles. The lowest BCUT2D eigenvalue weighted by Gasteiger charge is -2.27. The van der Waals surface area contributed by atoms with Crippen LogP contribution in [0.2, 0.25) is 0 Å². The summed E-state index contributed by atoms with van der Waals surface area (Å²) in [4.78, 5) is 38.9. The molecule has 1 N–H and O–H groups in total. The average Bonchev–Trinajstić information content (AvgIpc) is 3.46. The zero-order valence-corrected chi connectivity index (χ0v) is 24.8. The van der Waals surface area contributed by atoms with Gasteiger partial charge in [0.05, 0.1) is 29.7 Å². The molecule has 11 nitrogen and oxygen atoms in total. The van der Waals surface area contributed by atoms with Gasteiger partial charge in [0, 0.05) is 42.0 Å². The summed E-state index contributed by atoms with van der Waals surface area (Å²) in [6.07, 6.45) is 3.65. The lowest BCUT2D eigenvalue weighted by atomic mass is 9.97. The number of carbonyl (C=O) groups excluding carboxylic acids is 1. The van der Waals surface area contributed by atoms with Crippen molar-refractivity contribution in [1.29, 1.82) is 0 Å². The van der Waals surface area contributed by atoms with E-state index in [0.717, 1.165) is 11.1 Å². The number of alkyl halides is 2. The van der Waals surface area contributed by atoms with E-state index in [2.05, 4.69) is 9.97 Å². The first kappa shape index (κ1) is 29.3. The van der Waals surface area contributed by atoms with E-state index < -0.39 is 26.1 Å². The predicted octanol–water partition coefficient (Wildman–Crippen LogP) is 5.99. The first-order valence-corrected chi connectivity index (χ1v) is 15.3. The van der Waals surface area contributed by atoms with Crippen molar-refractivity contribution < 1.29 is 36.8 Å². The molecule has 0 aliphatic carbocycles. The van der Waals surface area contributed by atoms with Crippen LogP contribution >= 0.6 is 7.82 Å². The molecule has 6 rings (SSSR count). The highest BCUT2D eigenvalue weighted by atomic mass is 31.2. The number of ether oxygens (including phenoxy) is 1. The van der Waals surface area contributed by atoms with Crippen molar-refractivity contribution in [2.75, 3.05) is 13.2 Å². The Hall–Kier alpha value is -3.77. The van der Waals surface area contributed by atoms with E-state index in [1.807, 2.05) is 29.7 Å². The standard InChI is InChI=1S/C29H30F2N5O6P/c1-5-35-22-13-21(24-18(26(35)37)8-7-9-23(24)41-28(30)31)36-20-12-16(10-11-19(20)34-25(22)36)17-14-32-27(33-15-17)29(3,4)42-43(38,39)40-6-2/h7-12,14-15,21-22,28H,5-6,13H2,1-4H3,(H,38,39)/t21-,22-/m1/s1. The van der Waals surface area contributed by atoms with Gasteiger partial charge in [0.2, 0.25) is 0 Å². The molecule has 1 unspecified atom stereocenters. The van der Waals surface area contributed by atoms with Crippen LogP contribution in [-0.4, -0.2) is 55.0 Å². The molecular weight excluding hydrogens is 583 g/mol. The molecule has 0 saturated heterocycles. The molecule has 0 saturated carbocycles. The van der Waals surface area contributed by atoms with E-state index in [1.54, 1.807) is 50.2 Å². The van der Waals surface area contributed by atoms with Crippen LogP contribution in [0, 0.1) is 0 Å². The van der Waals surface area contributed by atoms with E-state index >= 15 is 0 Å². The number of imidazole rings is 1. The van der Waals surface area contributed by atoms with Gasteiger partial charge >= 0.3 is 14.4 Å². The topological polar surface area (TPSA) is 129 Å². The van der Waals surface area contributed by atoms with E-state index in [0.29, 0.717) is 41.0 Å². The Balaban J connectivity index is 1.42. The molecule has 14 heteroatoms. The number of halogens is 2. The molecule has 4 aromatic rings. The number of hydrogen-bond acceptors (Lipinski definition) is 8. The zero-order valence-electron chi connectivity index (χ0n) is 23.9. The maximum Gasteiger partial charge on any atom is 0.473 e. The van der Waals surface area contributed by atoms with Gasteiger partial charge in [0.1, 0.15) is 17.2 Å². The summed E-state index contributed by atoms with van der Waals surface area (Å²) >= 11 is 0. The Morgan fingerprint density at radius 2 is 1.86 bits per heavy atom. The van der Waals surface area contributed by atoms with Crippen LogP contribution < -0.4 is 4.74 Å². The Labute approximate surface area is 246 Å². The highest BCUT2D eigenvalue weighted by Crippen LogP contribution is 2.51. The van der Waals surface area contributed by atoms with Crippen molar-refractivity contribution in [1.82, 2.24) is 24.4 Å². The second-order valence-electron chi connectivity index (χ2n) is 10.8. The SMILES string of the molecule is CCOP(=O)(O)OC(C)(C)c1ncc(-c2ccc3nc4n(c3c2)[C@@H]2C[C@H]4N(CC)C(=O)c3cccc(OC(F)F)c32)cn1. The number of phosphoric acid groups is 1. The van der Waals surface area contributed by atoms with Gasteiger partial charge in [-0.3, -0.25) is 13.8 Å². The predicted molar refractivity (Wildman–Crippen MR) is 152 cm³/mol. The molecule has 43 heavy (non-hydrogen) atoms. The minimum atomic E-state index is -4.30. The molecule has 2 aliphatic rings. The highest BCUT2D eigenvalue weighted by molar-refractivity contribution is 7.47. The van der Waals surface area contributed by atoms with E-state index in [1.165, 1.54) is 6.07 Å². The van der Waals surface area contributed by atoms with E-state index in [4.69, 9.17) is 18.8 Å². The molecule has 3 atom stereocenters. The Morgan fingerprint density at radius 3 is 2.53 bits per heavy atom. The van der Waals surface area contributed by atoms with E-state index in [9.17, 15) is 23.0 Å². The summed E-state index contributed by atoms with van der Waals surface area (Å²) in [7, 11) is -4.30. The fourth-order valence-electron chi connectivity index (χ4n) is 6.03. The number of benzene rings is 2. The van der Waals surface area contributed by atoms with Crippen LogP contribution in [0.3, 0.4) is 0 Å². The summed E-state index contributed by atoms with van der Waals surface area (Å²) in [5.41, 5.74) is 2.32. The summed E-state index contributed by atoms with van der Waals surface area (Å²) in [6.45, 7) is 3.99. The quantitative estimate of drug-likeness (QED) is 0.226. The molecule has 0 fully saturated rings. The third-order valence-corrected chi connectivity index (χ3v) is 9.03. The normalized spacial score (nSPS) is 19.3. The largest absolute Gasteiger partial charge is 0.473 e. The molecular formula is C29H30F2N5O6P. The number of nitrogens with zero attached hydrogens (tertiary/aromatic N) is 5. The second-order valence-corrected chi connectivity index (χ2v) is 12.2. The fourth-order valence-corrected chi connectivity index (χ4v) is 7.07. The number of amides is 1. The van der Waals surface area contributed by atoms with Gasteiger partial charge < -0.3 is 19.1 Å². The van der Waals surface area contributed by atoms with Crippen molar-refractivity contribution in [3.05, 3.63) is 71.6 Å². The van der Waals surface area contributed by atoms with Gasteiger partial charge in [-0.2, -0.15) is 8.78 Å².